The zero-order valence-electron chi connectivity index (χ0n) is 16.5. The van der Waals surface area contributed by atoms with Crippen molar-refractivity contribution in [3.8, 4) is 0 Å². The Morgan fingerprint density at radius 2 is 1.59 bits per heavy atom. The van der Waals surface area contributed by atoms with Gasteiger partial charge >= 0.3 is 0 Å². The van der Waals surface area contributed by atoms with Crippen LogP contribution in [-0.2, 0) is 10.0 Å². The van der Waals surface area contributed by atoms with Gasteiger partial charge in [-0.15, -0.1) is 0 Å². The van der Waals surface area contributed by atoms with Crippen molar-refractivity contribution in [1.29, 1.82) is 0 Å². The molecule has 3 rings (SSSR count). The Labute approximate surface area is 182 Å². The topological polar surface area (TPSA) is 66.5 Å². The lowest BCUT2D eigenvalue weighted by Gasteiger charge is -2.21. The summed E-state index contributed by atoms with van der Waals surface area (Å²) in [6.45, 7) is 4.83. The molecule has 0 aromatic heterocycles. The van der Waals surface area contributed by atoms with Crippen LogP contribution < -0.4 is 5.32 Å². The minimum atomic E-state index is -3.81. The minimum Gasteiger partial charge on any atom is -0.322 e. The molecule has 1 N–H and O–H groups in total. The predicted octanol–water partition coefficient (Wildman–Crippen LogP) is 5.43. The minimum absolute atomic E-state index is 0.0157. The quantitative estimate of drug-likeness (QED) is 0.669. The van der Waals surface area contributed by atoms with Crippen LogP contribution in [0.25, 0.3) is 0 Å². The van der Waals surface area contributed by atoms with Crippen molar-refractivity contribution in [2.75, 3.05) is 18.4 Å². The summed E-state index contributed by atoms with van der Waals surface area (Å²) in [6.07, 6.45) is 3.63. The van der Waals surface area contributed by atoms with Gasteiger partial charge < -0.3 is 5.32 Å². The second-order valence-electron chi connectivity index (χ2n) is 7.33. The van der Waals surface area contributed by atoms with E-state index in [2.05, 4.69) is 5.32 Å². The maximum absolute atomic E-state index is 13.2. The van der Waals surface area contributed by atoms with Crippen molar-refractivity contribution < 1.29 is 13.2 Å². The molecule has 1 aliphatic heterocycles. The Bertz CT molecular complexity index is 1030. The van der Waals surface area contributed by atoms with E-state index in [4.69, 9.17) is 23.2 Å². The normalized spacial score (nSPS) is 15.7. The molecule has 29 heavy (non-hydrogen) atoms. The number of nitrogens with zero attached hydrogens (tertiary/aromatic N) is 1. The first kappa shape index (κ1) is 22.1. The third-order valence-electron chi connectivity index (χ3n) is 5.21. The standard InChI is InChI=1S/C21H24Cl2N2O3S/c1-14-7-8-16(11-15(14)2)24-21(26)17-12-20(19(23)13-18(17)22)29(27,28)25-9-5-3-4-6-10-25/h7-8,11-13H,3-6,9-10H2,1-2H3,(H,24,26). The number of sulfonamides is 1. The molecule has 156 valence electrons. The number of carbonyl (C=O) groups excluding carboxylic acids is 1. The fourth-order valence-corrected chi connectivity index (χ4v) is 5.69. The second kappa shape index (κ2) is 9.04. The second-order valence-corrected chi connectivity index (χ2v) is 10.1. The zero-order chi connectivity index (χ0) is 21.2. The molecule has 2 aromatic carbocycles. The number of aryl methyl sites for hydroxylation is 2. The fourth-order valence-electron chi connectivity index (χ4n) is 3.34. The molecule has 1 heterocycles. The smallest absolute Gasteiger partial charge is 0.257 e. The number of nitrogens with one attached hydrogen (secondary N) is 1. The molecule has 1 fully saturated rings. The van der Waals surface area contributed by atoms with E-state index in [-0.39, 0.29) is 20.5 Å². The van der Waals surface area contributed by atoms with Crippen LogP contribution in [0.2, 0.25) is 10.0 Å². The first-order valence-electron chi connectivity index (χ1n) is 9.58. The van der Waals surface area contributed by atoms with E-state index >= 15 is 0 Å². The van der Waals surface area contributed by atoms with Crippen molar-refractivity contribution in [3.05, 3.63) is 57.1 Å². The highest BCUT2D eigenvalue weighted by atomic mass is 35.5. The number of carbonyl (C=O) groups is 1. The molecule has 2 aromatic rings. The monoisotopic (exact) mass is 454 g/mol. The maximum Gasteiger partial charge on any atom is 0.257 e. The summed E-state index contributed by atoms with van der Waals surface area (Å²) in [5.41, 5.74) is 2.83. The van der Waals surface area contributed by atoms with Crippen LogP contribution in [0.3, 0.4) is 0 Å². The summed E-state index contributed by atoms with van der Waals surface area (Å²) in [5.74, 6) is -0.484. The van der Waals surface area contributed by atoms with Gasteiger partial charge in [-0.1, -0.05) is 42.1 Å². The molecule has 1 aliphatic rings. The van der Waals surface area contributed by atoms with E-state index in [0.29, 0.717) is 18.8 Å². The number of rotatable bonds is 4. The van der Waals surface area contributed by atoms with Crippen molar-refractivity contribution in [3.63, 3.8) is 0 Å². The Kier molecular flexibility index (Phi) is 6.89. The highest BCUT2D eigenvalue weighted by Crippen LogP contribution is 2.32. The Morgan fingerprint density at radius 1 is 0.931 bits per heavy atom. The van der Waals surface area contributed by atoms with Gasteiger partial charge in [0, 0.05) is 18.8 Å². The van der Waals surface area contributed by atoms with Gasteiger partial charge in [0.2, 0.25) is 10.0 Å². The number of hydrogen-bond acceptors (Lipinski definition) is 3. The van der Waals surface area contributed by atoms with Crippen molar-refractivity contribution >= 4 is 44.8 Å². The number of amides is 1. The van der Waals surface area contributed by atoms with Gasteiger partial charge in [-0.2, -0.15) is 4.31 Å². The Balaban J connectivity index is 1.94. The van der Waals surface area contributed by atoms with Gasteiger partial charge in [0.1, 0.15) is 4.90 Å². The number of halogens is 2. The van der Waals surface area contributed by atoms with Crippen molar-refractivity contribution in [1.82, 2.24) is 4.31 Å². The summed E-state index contributed by atoms with van der Waals surface area (Å²) < 4.78 is 27.8. The molecule has 0 aliphatic carbocycles. The van der Waals surface area contributed by atoms with E-state index in [0.717, 1.165) is 36.8 Å². The summed E-state index contributed by atoms with van der Waals surface area (Å²) in [7, 11) is -3.81. The van der Waals surface area contributed by atoms with Gasteiger partial charge in [0.05, 0.1) is 15.6 Å². The number of hydrogen-bond donors (Lipinski definition) is 1. The molecule has 0 saturated carbocycles. The Hall–Kier alpha value is -1.60. The van der Waals surface area contributed by atoms with Crippen LogP contribution in [0, 0.1) is 13.8 Å². The molecule has 0 unspecified atom stereocenters. The maximum atomic E-state index is 13.2. The van der Waals surface area contributed by atoms with E-state index < -0.39 is 15.9 Å². The predicted molar refractivity (Wildman–Crippen MR) is 118 cm³/mol. The third-order valence-corrected chi connectivity index (χ3v) is 7.89. The lowest BCUT2D eigenvalue weighted by Crippen LogP contribution is -2.32. The van der Waals surface area contributed by atoms with Crippen molar-refractivity contribution in [2.45, 2.75) is 44.4 Å². The van der Waals surface area contributed by atoms with Crippen LogP contribution in [0.1, 0.15) is 47.2 Å². The first-order valence-corrected chi connectivity index (χ1v) is 11.8. The lowest BCUT2D eigenvalue weighted by molar-refractivity contribution is 0.102. The number of benzene rings is 2. The van der Waals surface area contributed by atoms with E-state index in [1.165, 1.54) is 16.4 Å². The lowest BCUT2D eigenvalue weighted by atomic mass is 10.1. The highest BCUT2D eigenvalue weighted by molar-refractivity contribution is 7.89. The van der Waals surface area contributed by atoms with Gasteiger partial charge in [0.15, 0.2) is 0 Å². The number of anilines is 1. The largest absolute Gasteiger partial charge is 0.322 e. The molecule has 1 saturated heterocycles. The average molecular weight is 455 g/mol. The summed E-state index contributed by atoms with van der Waals surface area (Å²) in [5, 5.41) is 2.90. The zero-order valence-corrected chi connectivity index (χ0v) is 18.8. The molecule has 1 amide bonds. The Morgan fingerprint density at radius 3 is 2.21 bits per heavy atom. The van der Waals surface area contributed by atoms with Gasteiger partial charge in [-0.25, -0.2) is 8.42 Å². The SMILES string of the molecule is Cc1ccc(NC(=O)c2cc(S(=O)(=O)N3CCCCCC3)c(Cl)cc2Cl)cc1C. The van der Waals surface area contributed by atoms with E-state index in [1.54, 1.807) is 6.07 Å². The van der Waals surface area contributed by atoms with Crippen LogP contribution in [0.4, 0.5) is 5.69 Å². The fraction of sp³-hybridized carbons (Fsp3) is 0.381. The highest BCUT2D eigenvalue weighted by Gasteiger charge is 2.29. The van der Waals surface area contributed by atoms with Crippen molar-refractivity contribution in [2.24, 2.45) is 0 Å². The molecule has 0 spiro atoms. The van der Waals surface area contributed by atoms with Crippen LogP contribution in [-0.4, -0.2) is 31.7 Å². The molecular formula is C21H24Cl2N2O3S. The molecular weight excluding hydrogens is 431 g/mol. The van der Waals surface area contributed by atoms with Gasteiger partial charge in [0.25, 0.3) is 5.91 Å². The first-order chi connectivity index (χ1) is 13.7. The van der Waals surface area contributed by atoms with E-state index in [1.807, 2.05) is 26.0 Å². The molecule has 0 bridgehead atoms. The van der Waals surface area contributed by atoms with Crippen LogP contribution in [0.5, 0.6) is 0 Å². The third kappa shape index (κ3) is 4.94. The van der Waals surface area contributed by atoms with Crippen LogP contribution >= 0.6 is 23.2 Å². The summed E-state index contributed by atoms with van der Waals surface area (Å²) >= 11 is 12.5. The summed E-state index contributed by atoms with van der Waals surface area (Å²) in [4.78, 5) is 12.7. The molecule has 0 atom stereocenters. The molecule has 5 nitrogen and oxygen atoms in total. The van der Waals surface area contributed by atoms with E-state index in [9.17, 15) is 13.2 Å². The average Bonchev–Trinajstić information content (AvgIpc) is 2.94. The summed E-state index contributed by atoms with van der Waals surface area (Å²) in [6, 6.07) is 8.15. The molecule has 8 heteroatoms. The van der Waals surface area contributed by atoms with Gasteiger partial charge in [-0.05, 0) is 62.1 Å². The molecule has 0 radical (unpaired) electrons. The van der Waals surface area contributed by atoms with Gasteiger partial charge in [-0.3, -0.25) is 4.79 Å². The van der Waals surface area contributed by atoms with Crippen LogP contribution in [0.15, 0.2) is 35.2 Å².